The number of halogens is 2. The van der Waals surface area contributed by atoms with E-state index in [-0.39, 0.29) is 5.91 Å². The number of amides is 1. The first-order chi connectivity index (χ1) is 9.63. The van der Waals surface area contributed by atoms with Crippen LogP contribution in [0.25, 0.3) is 10.9 Å². The van der Waals surface area contributed by atoms with Crippen LogP contribution in [0.5, 0.6) is 0 Å². The van der Waals surface area contributed by atoms with Gasteiger partial charge in [0.05, 0.1) is 5.56 Å². The van der Waals surface area contributed by atoms with Crippen molar-refractivity contribution in [2.24, 2.45) is 0 Å². The van der Waals surface area contributed by atoms with E-state index in [1.165, 1.54) is 0 Å². The predicted octanol–water partition coefficient (Wildman–Crippen LogP) is 4.84. The second-order valence-corrected chi connectivity index (χ2v) is 5.71. The maximum absolute atomic E-state index is 12.3. The molecule has 0 saturated carbocycles. The number of rotatable bonds is 2. The van der Waals surface area contributed by atoms with Crippen LogP contribution in [0, 0.1) is 0 Å². The molecule has 0 aliphatic rings. The van der Waals surface area contributed by atoms with Gasteiger partial charge in [-0.3, -0.25) is 4.79 Å². The molecule has 20 heavy (non-hydrogen) atoms. The average molecular weight is 350 g/mol. The monoisotopic (exact) mass is 348 g/mol. The van der Waals surface area contributed by atoms with Crippen molar-refractivity contribution in [1.82, 2.24) is 4.98 Å². The Hall–Kier alpha value is -1.78. The van der Waals surface area contributed by atoms with E-state index in [9.17, 15) is 4.79 Å². The summed E-state index contributed by atoms with van der Waals surface area (Å²) in [5, 5.41) is 4.28. The lowest BCUT2D eigenvalue weighted by molar-refractivity contribution is 0.102. The molecule has 0 bridgehead atoms. The fraction of sp³-hybridized carbons (Fsp3) is 0. The smallest absolute Gasteiger partial charge is 0.257 e. The second-order valence-electron chi connectivity index (χ2n) is 4.36. The van der Waals surface area contributed by atoms with Crippen LogP contribution in [0.15, 0.2) is 53.1 Å². The van der Waals surface area contributed by atoms with Gasteiger partial charge in [0, 0.05) is 32.3 Å². The summed E-state index contributed by atoms with van der Waals surface area (Å²) in [5.74, 6) is -0.170. The first kappa shape index (κ1) is 13.2. The number of nitrogens with one attached hydrogen (secondary N) is 2. The molecule has 2 N–H and O–H groups in total. The van der Waals surface area contributed by atoms with E-state index in [4.69, 9.17) is 11.6 Å². The molecule has 0 saturated heterocycles. The number of benzene rings is 2. The number of H-pyrrole nitrogens is 1. The van der Waals surface area contributed by atoms with E-state index in [1.54, 1.807) is 18.3 Å². The molecule has 0 radical (unpaired) electrons. The van der Waals surface area contributed by atoms with Crippen LogP contribution >= 0.6 is 27.5 Å². The Bertz CT molecular complexity index is 797. The molecular weight excluding hydrogens is 340 g/mol. The van der Waals surface area contributed by atoms with Crippen LogP contribution in [0.4, 0.5) is 5.69 Å². The van der Waals surface area contributed by atoms with Crippen molar-refractivity contribution in [3.05, 3.63) is 63.7 Å². The van der Waals surface area contributed by atoms with E-state index in [2.05, 4.69) is 26.2 Å². The number of anilines is 1. The molecule has 2 aromatic carbocycles. The third-order valence-electron chi connectivity index (χ3n) is 2.97. The summed E-state index contributed by atoms with van der Waals surface area (Å²) in [6.07, 6.45) is 1.69. The molecule has 0 unspecified atom stereocenters. The highest BCUT2D eigenvalue weighted by molar-refractivity contribution is 9.10. The SMILES string of the molecule is O=C(Nc1cccc(Br)c1)c1c[nH]c2ccc(Cl)cc12. The lowest BCUT2D eigenvalue weighted by Crippen LogP contribution is -2.11. The Morgan fingerprint density at radius 3 is 2.85 bits per heavy atom. The molecule has 0 spiro atoms. The molecule has 3 aromatic rings. The van der Waals surface area contributed by atoms with Crippen LogP contribution in [0.2, 0.25) is 5.02 Å². The summed E-state index contributed by atoms with van der Waals surface area (Å²) in [5.41, 5.74) is 2.19. The molecular formula is C15H10BrClN2O. The number of carbonyl (C=O) groups excluding carboxylic acids is 1. The molecule has 0 fully saturated rings. The minimum absolute atomic E-state index is 0.170. The summed E-state index contributed by atoms with van der Waals surface area (Å²) in [7, 11) is 0. The van der Waals surface area contributed by atoms with E-state index in [1.807, 2.05) is 30.3 Å². The Labute approximate surface area is 129 Å². The molecule has 1 heterocycles. The predicted molar refractivity (Wildman–Crippen MR) is 85.4 cm³/mol. The fourth-order valence-electron chi connectivity index (χ4n) is 2.05. The average Bonchev–Trinajstić information content (AvgIpc) is 2.81. The highest BCUT2D eigenvalue weighted by atomic mass is 79.9. The van der Waals surface area contributed by atoms with Gasteiger partial charge in [0.25, 0.3) is 5.91 Å². The van der Waals surface area contributed by atoms with Gasteiger partial charge in [-0.15, -0.1) is 0 Å². The first-order valence-electron chi connectivity index (χ1n) is 5.97. The van der Waals surface area contributed by atoms with Gasteiger partial charge in [-0.2, -0.15) is 0 Å². The zero-order valence-corrected chi connectivity index (χ0v) is 12.6. The fourth-order valence-corrected chi connectivity index (χ4v) is 2.62. The highest BCUT2D eigenvalue weighted by Crippen LogP contribution is 2.23. The molecule has 100 valence electrons. The summed E-state index contributed by atoms with van der Waals surface area (Å²) < 4.78 is 0.914. The molecule has 0 aliphatic heterocycles. The van der Waals surface area contributed by atoms with Gasteiger partial charge in [0.2, 0.25) is 0 Å². The summed E-state index contributed by atoms with van der Waals surface area (Å²) in [4.78, 5) is 15.4. The van der Waals surface area contributed by atoms with Gasteiger partial charge in [-0.1, -0.05) is 33.6 Å². The van der Waals surface area contributed by atoms with Crippen LogP contribution in [-0.4, -0.2) is 10.9 Å². The van der Waals surface area contributed by atoms with Gasteiger partial charge < -0.3 is 10.3 Å². The van der Waals surface area contributed by atoms with Crippen LogP contribution < -0.4 is 5.32 Å². The maximum Gasteiger partial charge on any atom is 0.257 e. The van der Waals surface area contributed by atoms with Crippen LogP contribution in [-0.2, 0) is 0 Å². The van der Waals surface area contributed by atoms with E-state index in [0.29, 0.717) is 10.6 Å². The first-order valence-corrected chi connectivity index (χ1v) is 7.14. The number of carbonyl (C=O) groups is 1. The van der Waals surface area contributed by atoms with Crippen molar-refractivity contribution in [2.45, 2.75) is 0 Å². The van der Waals surface area contributed by atoms with E-state index >= 15 is 0 Å². The minimum atomic E-state index is -0.170. The van der Waals surface area contributed by atoms with Gasteiger partial charge in [0.1, 0.15) is 0 Å². The maximum atomic E-state index is 12.3. The normalized spacial score (nSPS) is 10.7. The van der Waals surface area contributed by atoms with Gasteiger partial charge in [0.15, 0.2) is 0 Å². The lowest BCUT2D eigenvalue weighted by Gasteiger charge is -2.04. The quantitative estimate of drug-likeness (QED) is 0.683. The summed E-state index contributed by atoms with van der Waals surface area (Å²) in [6.45, 7) is 0. The van der Waals surface area contributed by atoms with Gasteiger partial charge >= 0.3 is 0 Å². The number of fused-ring (bicyclic) bond motifs is 1. The zero-order valence-electron chi connectivity index (χ0n) is 10.3. The Morgan fingerprint density at radius 1 is 1.20 bits per heavy atom. The lowest BCUT2D eigenvalue weighted by atomic mass is 10.1. The zero-order chi connectivity index (χ0) is 14.1. The standard InChI is InChI=1S/C15H10BrClN2O/c16-9-2-1-3-11(6-9)19-15(20)13-8-18-14-5-4-10(17)7-12(13)14/h1-8,18H,(H,19,20). The minimum Gasteiger partial charge on any atom is -0.360 e. The van der Waals surface area contributed by atoms with E-state index < -0.39 is 0 Å². The van der Waals surface area contributed by atoms with Gasteiger partial charge in [-0.25, -0.2) is 0 Å². The Kier molecular flexibility index (Phi) is 3.51. The molecule has 3 nitrogen and oxygen atoms in total. The van der Waals surface area contributed by atoms with Crippen molar-refractivity contribution < 1.29 is 4.79 Å². The molecule has 1 amide bonds. The van der Waals surface area contributed by atoms with Crippen molar-refractivity contribution in [2.75, 3.05) is 5.32 Å². The molecule has 1 aromatic heterocycles. The van der Waals surface area contributed by atoms with Crippen LogP contribution in [0.3, 0.4) is 0 Å². The third kappa shape index (κ3) is 2.57. The summed E-state index contributed by atoms with van der Waals surface area (Å²) >= 11 is 9.36. The third-order valence-corrected chi connectivity index (χ3v) is 3.70. The summed E-state index contributed by atoms with van der Waals surface area (Å²) in [6, 6.07) is 12.9. The number of aromatic amines is 1. The van der Waals surface area contributed by atoms with Crippen molar-refractivity contribution in [3.63, 3.8) is 0 Å². The number of hydrogen-bond donors (Lipinski definition) is 2. The Balaban J connectivity index is 1.94. The number of hydrogen-bond acceptors (Lipinski definition) is 1. The number of aromatic nitrogens is 1. The highest BCUT2D eigenvalue weighted by Gasteiger charge is 2.12. The van der Waals surface area contributed by atoms with Crippen molar-refractivity contribution >= 4 is 50.0 Å². The topological polar surface area (TPSA) is 44.9 Å². The molecule has 5 heteroatoms. The second kappa shape index (κ2) is 5.31. The van der Waals surface area contributed by atoms with Gasteiger partial charge in [-0.05, 0) is 36.4 Å². The van der Waals surface area contributed by atoms with Crippen molar-refractivity contribution in [3.8, 4) is 0 Å². The largest absolute Gasteiger partial charge is 0.360 e. The van der Waals surface area contributed by atoms with Crippen LogP contribution in [0.1, 0.15) is 10.4 Å². The van der Waals surface area contributed by atoms with Crippen molar-refractivity contribution in [1.29, 1.82) is 0 Å². The molecule has 0 aliphatic carbocycles. The molecule has 0 atom stereocenters. The molecule has 3 rings (SSSR count). The Morgan fingerprint density at radius 2 is 2.05 bits per heavy atom. The van der Waals surface area contributed by atoms with E-state index in [0.717, 1.165) is 21.1 Å².